The first-order valence-electron chi connectivity index (χ1n) is 12.3. The van der Waals surface area contributed by atoms with Gasteiger partial charge in [0.05, 0.1) is 6.61 Å². The summed E-state index contributed by atoms with van der Waals surface area (Å²) in [7, 11) is -4.60. The van der Waals surface area contributed by atoms with Crippen molar-refractivity contribution in [1.82, 2.24) is 0 Å². The van der Waals surface area contributed by atoms with Gasteiger partial charge in [-0.3, -0.25) is 4.18 Å². The second-order valence-electron chi connectivity index (χ2n) is 8.41. The van der Waals surface area contributed by atoms with Gasteiger partial charge in [-0.2, -0.15) is 0 Å². The average molecular weight is 455 g/mol. The van der Waals surface area contributed by atoms with E-state index < -0.39 is 10.4 Å². The molecule has 30 heavy (non-hydrogen) atoms. The summed E-state index contributed by atoms with van der Waals surface area (Å²) in [5, 5.41) is 0. The van der Waals surface area contributed by atoms with Gasteiger partial charge < -0.3 is 4.55 Å². The Balaban J connectivity index is 0. The molecule has 0 aliphatic heterocycles. The number of hydrogen-bond donors (Lipinski definition) is 0. The van der Waals surface area contributed by atoms with E-state index in [1.807, 2.05) is 0 Å². The van der Waals surface area contributed by atoms with Crippen molar-refractivity contribution < 1.29 is 46.7 Å². The molecule has 0 radical (unpaired) electrons. The molecule has 0 heterocycles. The van der Waals surface area contributed by atoms with E-state index in [9.17, 15) is 13.0 Å². The van der Waals surface area contributed by atoms with Crippen LogP contribution in [-0.4, -0.2) is 19.6 Å². The third-order valence-corrected chi connectivity index (χ3v) is 5.91. The molecular weight excluding hydrogens is 407 g/mol. The minimum Gasteiger partial charge on any atom is -0.726 e. The minimum absolute atomic E-state index is 0. The SMILES string of the molecule is CCCCCCCCCCCC/C=C/C(CCCCCCCC)COS(=O)(=O)[O-].[Na+]. The summed E-state index contributed by atoms with van der Waals surface area (Å²) in [4.78, 5) is 0. The van der Waals surface area contributed by atoms with E-state index >= 15 is 0 Å². The van der Waals surface area contributed by atoms with Crippen LogP contribution in [0, 0.1) is 5.92 Å². The second-order valence-corrected chi connectivity index (χ2v) is 9.46. The van der Waals surface area contributed by atoms with Crippen LogP contribution in [0.5, 0.6) is 0 Å². The Kier molecular flexibility index (Phi) is 26.5. The first kappa shape index (κ1) is 32.8. The molecule has 0 aliphatic rings. The Hall–Kier alpha value is 0.610. The molecule has 0 aromatic heterocycles. The van der Waals surface area contributed by atoms with Crippen LogP contribution in [0.1, 0.15) is 129 Å². The summed E-state index contributed by atoms with van der Waals surface area (Å²) < 4.78 is 36.8. The molecule has 0 aromatic rings. The molecule has 0 N–H and O–H groups in total. The molecule has 6 heteroatoms. The third-order valence-electron chi connectivity index (χ3n) is 5.49. The summed E-state index contributed by atoms with van der Waals surface area (Å²) >= 11 is 0. The van der Waals surface area contributed by atoms with Crippen LogP contribution in [0.25, 0.3) is 0 Å². The molecule has 0 spiro atoms. The average Bonchev–Trinajstić information content (AvgIpc) is 2.68. The molecule has 1 unspecified atom stereocenters. The van der Waals surface area contributed by atoms with Gasteiger partial charge in [0.1, 0.15) is 0 Å². The minimum atomic E-state index is -4.60. The standard InChI is InChI=1S/C24H48O4S.Na/c1-3-5-7-9-11-12-13-14-15-16-18-20-22-24(23-28-29(25,26)27)21-19-17-10-8-6-4-2;/h20,22,24H,3-19,21,23H2,1-2H3,(H,25,26,27);/q;+1/p-1/b22-20+;. The molecular formula is C24H47NaO4S. The molecule has 174 valence electrons. The molecule has 0 saturated heterocycles. The first-order chi connectivity index (χ1) is 14.0. The Morgan fingerprint density at radius 1 is 0.733 bits per heavy atom. The monoisotopic (exact) mass is 454 g/mol. The number of unbranched alkanes of at least 4 members (excludes halogenated alkanes) is 15. The van der Waals surface area contributed by atoms with Gasteiger partial charge in [-0.15, -0.1) is 0 Å². The van der Waals surface area contributed by atoms with Crippen LogP contribution < -0.4 is 29.6 Å². The van der Waals surface area contributed by atoms with Crippen LogP contribution in [0.4, 0.5) is 0 Å². The quantitative estimate of drug-likeness (QED) is 0.0782. The molecule has 1 atom stereocenters. The molecule has 0 rings (SSSR count). The van der Waals surface area contributed by atoms with E-state index in [0.29, 0.717) is 0 Å². The largest absolute Gasteiger partial charge is 1.00 e. The van der Waals surface area contributed by atoms with Gasteiger partial charge in [-0.25, -0.2) is 8.42 Å². The van der Waals surface area contributed by atoms with Gasteiger partial charge in [0, 0.05) is 5.92 Å². The molecule has 0 amide bonds. The Morgan fingerprint density at radius 3 is 1.63 bits per heavy atom. The Labute approximate surface area is 210 Å². The zero-order chi connectivity index (χ0) is 21.6. The molecule has 0 saturated carbocycles. The fourth-order valence-electron chi connectivity index (χ4n) is 3.63. The number of hydrogen-bond acceptors (Lipinski definition) is 4. The van der Waals surface area contributed by atoms with Gasteiger partial charge >= 0.3 is 29.6 Å². The molecule has 0 fully saturated rings. The predicted octanol–water partition coefficient (Wildman–Crippen LogP) is 4.70. The van der Waals surface area contributed by atoms with E-state index in [1.54, 1.807) is 0 Å². The van der Waals surface area contributed by atoms with E-state index in [1.165, 1.54) is 89.9 Å². The Morgan fingerprint density at radius 2 is 1.17 bits per heavy atom. The molecule has 0 aromatic carbocycles. The van der Waals surface area contributed by atoms with Crippen LogP contribution in [0.15, 0.2) is 12.2 Å². The summed E-state index contributed by atoms with van der Waals surface area (Å²) in [5.41, 5.74) is 0. The smallest absolute Gasteiger partial charge is 0.726 e. The van der Waals surface area contributed by atoms with Crippen molar-refractivity contribution in [3.05, 3.63) is 12.2 Å². The summed E-state index contributed by atoms with van der Waals surface area (Å²) in [6.45, 7) is 4.44. The van der Waals surface area contributed by atoms with Gasteiger partial charge in [0.25, 0.3) is 0 Å². The summed E-state index contributed by atoms with van der Waals surface area (Å²) in [6, 6.07) is 0. The van der Waals surface area contributed by atoms with Crippen molar-refractivity contribution in [2.75, 3.05) is 6.61 Å². The van der Waals surface area contributed by atoms with Crippen molar-refractivity contribution in [2.24, 2.45) is 5.92 Å². The van der Waals surface area contributed by atoms with Crippen molar-refractivity contribution in [3.8, 4) is 0 Å². The van der Waals surface area contributed by atoms with Crippen molar-refractivity contribution in [2.45, 2.75) is 129 Å². The zero-order valence-corrected chi connectivity index (χ0v) is 23.0. The fourth-order valence-corrected chi connectivity index (χ4v) is 3.97. The van der Waals surface area contributed by atoms with Crippen molar-refractivity contribution in [3.63, 3.8) is 0 Å². The van der Waals surface area contributed by atoms with Gasteiger partial charge in [-0.1, -0.05) is 122 Å². The predicted molar refractivity (Wildman–Crippen MR) is 123 cm³/mol. The van der Waals surface area contributed by atoms with Gasteiger partial charge in [0.15, 0.2) is 0 Å². The van der Waals surface area contributed by atoms with Crippen LogP contribution in [0.3, 0.4) is 0 Å². The van der Waals surface area contributed by atoms with Crippen molar-refractivity contribution >= 4 is 10.4 Å². The van der Waals surface area contributed by atoms with Crippen LogP contribution in [0.2, 0.25) is 0 Å². The maximum Gasteiger partial charge on any atom is 1.00 e. The summed E-state index contributed by atoms with van der Waals surface area (Å²) in [5.74, 6) is 0.0213. The normalized spacial score (nSPS) is 12.9. The third kappa shape index (κ3) is 26.6. The topological polar surface area (TPSA) is 66.4 Å². The van der Waals surface area contributed by atoms with E-state index in [4.69, 9.17) is 0 Å². The van der Waals surface area contributed by atoms with Crippen LogP contribution in [-0.2, 0) is 14.6 Å². The maximum absolute atomic E-state index is 10.8. The zero-order valence-electron chi connectivity index (χ0n) is 20.2. The van der Waals surface area contributed by atoms with Gasteiger partial charge in [0.2, 0.25) is 10.4 Å². The number of allylic oxidation sites excluding steroid dienone is 1. The van der Waals surface area contributed by atoms with Gasteiger partial charge in [-0.05, 0) is 19.3 Å². The molecule has 0 bridgehead atoms. The van der Waals surface area contributed by atoms with E-state index in [0.717, 1.165) is 25.7 Å². The number of rotatable bonds is 22. The van der Waals surface area contributed by atoms with E-state index in [-0.39, 0.29) is 42.1 Å². The molecule has 0 aliphatic carbocycles. The second kappa shape index (κ2) is 24.3. The van der Waals surface area contributed by atoms with Crippen molar-refractivity contribution in [1.29, 1.82) is 0 Å². The molecule has 4 nitrogen and oxygen atoms in total. The van der Waals surface area contributed by atoms with Crippen LogP contribution >= 0.6 is 0 Å². The summed E-state index contributed by atoms with van der Waals surface area (Å²) in [6.07, 6.45) is 26.6. The fraction of sp³-hybridized carbons (Fsp3) is 0.917. The first-order valence-corrected chi connectivity index (χ1v) is 13.6. The maximum atomic E-state index is 10.8. The van der Waals surface area contributed by atoms with E-state index in [2.05, 4.69) is 30.2 Å². The Bertz CT molecular complexity index is 466.